The van der Waals surface area contributed by atoms with Crippen LogP contribution in [0.25, 0.3) is 10.2 Å². The van der Waals surface area contributed by atoms with E-state index in [4.69, 9.17) is 5.84 Å². The Kier molecular flexibility index (Phi) is 3.38. The van der Waals surface area contributed by atoms with Gasteiger partial charge in [0.2, 0.25) is 0 Å². The number of benzene rings is 1. The summed E-state index contributed by atoms with van der Waals surface area (Å²) in [5.74, 6) is 7.03. The third-order valence-corrected chi connectivity index (χ3v) is 3.96. The number of thiophene rings is 1. The second-order valence-corrected chi connectivity index (χ2v) is 5.84. The number of nitrogen functional groups attached to an aromatic ring is 1. The molecule has 0 fully saturated rings. The summed E-state index contributed by atoms with van der Waals surface area (Å²) in [5.41, 5.74) is 6.40. The fourth-order valence-electron chi connectivity index (χ4n) is 2.44. The highest BCUT2D eigenvalue weighted by molar-refractivity contribution is 7.16. The molecule has 0 atom stereocenters. The van der Waals surface area contributed by atoms with Gasteiger partial charge in [0.15, 0.2) is 5.82 Å². The van der Waals surface area contributed by atoms with Gasteiger partial charge >= 0.3 is 0 Å². The van der Waals surface area contributed by atoms with Crippen molar-refractivity contribution in [2.24, 2.45) is 5.84 Å². The highest BCUT2D eigenvalue weighted by Gasteiger charge is 2.09. The van der Waals surface area contributed by atoms with E-state index < -0.39 is 0 Å². The molecule has 0 aliphatic heterocycles. The lowest BCUT2D eigenvalue weighted by molar-refractivity contribution is 0.989. The van der Waals surface area contributed by atoms with Crippen LogP contribution in [0.2, 0.25) is 0 Å². The number of rotatable bonds is 3. The molecule has 3 N–H and O–H groups in total. The van der Waals surface area contributed by atoms with Crippen LogP contribution in [-0.4, -0.2) is 9.97 Å². The highest BCUT2D eigenvalue weighted by Crippen LogP contribution is 2.25. The molecular formula is C15H16N4S. The first-order valence-electron chi connectivity index (χ1n) is 6.43. The minimum atomic E-state index is 0.690. The van der Waals surface area contributed by atoms with E-state index in [2.05, 4.69) is 47.4 Å². The van der Waals surface area contributed by atoms with E-state index in [-0.39, 0.29) is 0 Å². The minimum absolute atomic E-state index is 0.690. The Morgan fingerprint density at radius 1 is 1.15 bits per heavy atom. The van der Waals surface area contributed by atoms with Crippen molar-refractivity contribution in [3.05, 3.63) is 52.2 Å². The van der Waals surface area contributed by atoms with Crippen LogP contribution in [0.1, 0.15) is 22.5 Å². The molecule has 0 aliphatic carbocycles. The number of nitrogens with zero attached hydrogens (tertiary/aromatic N) is 2. The topological polar surface area (TPSA) is 63.8 Å². The van der Waals surface area contributed by atoms with Gasteiger partial charge in [0.1, 0.15) is 10.7 Å². The zero-order chi connectivity index (χ0) is 14.1. The molecule has 0 unspecified atom stereocenters. The first-order chi connectivity index (χ1) is 9.65. The summed E-state index contributed by atoms with van der Waals surface area (Å²) in [4.78, 5) is 10.1. The lowest BCUT2D eigenvalue weighted by atomic mass is 10.0. The van der Waals surface area contributed by atoms with Crippen molar-refractivity contribution in [1.29, 1.82) is 0 Å². The van der Waals surface area contributed by atoms with Gasteiger partial charge in [0, 0.05) is 6.42 Å². The molecule has 0 amide bonds. The highest BCUT2D eigenvalue weighted by atomic mass is 32.1. The number of aryl methyl sites for hydroxylation is 2. The molecule has 102 valence electrons. The summed E-state index contributed by atoms with van der Waals surface area (Å²) in [6, 6.07) is 8.49. The average Bonchev–Trinajstić information content (AvgIpc) is 2.84. The molecule has 1 aromatic carbocycles. The molecule has 0 saturated heterocycles. The van der Waals surface area contributed by atoms with Crippen LogP contribution in [0.4, 0.5) is 5.82 Å². The monoisotopic (exact) mass is 284 g/mol. The van der Waals surface area contributed by atoms with Crippen molar-refractivity contribution in [3.8, 4) is 0 Å². The van der Waals surface area contributed by atoms with Crippen LogP contribution in [0.15, 0.2) is 29.6 Å². The van der Waals surface area contributed by atoms with E-state index in [1.807, 2.05) is 11.4 Å². The molecule has 3 aromatic rings. The summed E-state index contributed by atoms with van der Waals surface area (Å²) in [6.45, 7) is 4.21. The first-order valence-corrected chi connectivity index (χ1v) is 7.31. The Morgan fingerprint density at radius 3 is 2.60 bits per heavy atom. The quantitative estimate of drug-likeness (QED) is 0.573. The number of hydrogen-bond acceptors (Lipinski definition) is 5. The van der Waals surface area contributed by atoms with Crippen LogP contribution in [-0.2, 0) is 6.42 Å². The maximum Gasteiger partial charge on any atom is 0.152 e. The molecule has 3 rings (SSSR count). The van der Waals surface area contributed by atoms with Crippen LogP contribution < -0.4 is 11.3 Å². The van der Waals surface area contributed by atoms with Crippen LogP contribution in [0.3, 0.4) is 0 Å². The summed E-state index contributed by atoms with van der Waals surface area (Å²) < 4.78 is 0. The van der Waals surface area contributed by atoms with Crippen molar-refractivity contribution >= 4 is 27.4 Å². The van der Waals surface area contributed by atoms with E-state index in [9.17, 15) is 0 Å². The molecule has 0 bridgehead atoms. The molecule has 2 aromatic heterocycles. The summed E-state index contributed by atoms with van der Waals surface area (Å²) in [6.07, 6.45) is 0.713. The van der Waals surface area contributed by atoms with Crippen molar-refractivity contribution < 1.29 is 0 Å². The van der Waals surface area contributed by atoms with Crippen LogP contribution >= 0.6 is 11.3 Å². The number of aromatic nitrogens is 2. The van der Waals surface area contributed by atoms with Gasteiger partial charge in [-0.3, -0.25) is 0 Å². The van der Waals surface area contributed by atoms with E-state index >= 15 is 0 Å². The number of nitrogens with two attached hydrogens (primary N) is 1. The molecule has 0 radical (unpaired) electrons. The summed E-state index contributed by atoms with van der Waals surface area (Å²) in [5, 5.41) is 2.97. The molecule has 20 heavy (non-hydrogen) atoms. The van der Waals surface area contributed by atoms with Gasteiger partial charge in [-0.15, -0.1) is 11.3 Å². The zero-order valence-corrected chi connectivity index (χ0v) is 12.3. The van der Waals surface area contributed by atoms with E-state index in [1.54, 1.807) is 11.3 Å². The number of fused-ring (bicyclic) bond motifs is 1. The maximum absolute atomic E-state index is 5.55. The lowest BCUT2D eigenvalue weighted by Crippen LogP contribution is -2.11. The van der Waals surface area contributed by atoms with Gasteiger partial charge in [-0.05, 0) is 30.9 Å². The molecule has 0 saturated carbocycles. The molecule has 0 aliphatic rings. The second-order valence-electron chi connectivity index (χ2n) is 4.94. The third kappa shape index (κ3) is 2.50. The predicted molar refractivity (Wildman–Crippen MR) is 83.9 cm³/mol. The lowest BCUT2D eigenvalue weighted by Gasteiger charge is -2.07. The maximum atomic E-state index is 5.55. The van der Waals surface area contributed by atoms with Crippen LogP contribution in [0, 0.1) is 13.8 Å². The molecule has 2 heterocycles. The summed E-state index contributed by atoms with van der Waals surface area (Å²) in [7, 11) is 0. The molecular weight excluding hydrogens is 268 g/mol. The van der Waals surface area contributed by atoms with Gasteiger partial charge in [-0.2, -0.15) is 0 Å². The van der Waals surface area contributed by atoms with E-state index in [0.29, 0.717) is 12.2 Å². The van der Waals surface area contributed by atoms with Crippen molar-refractivity contribution in [2.75, 3.05) is 5.43 Å². The van der Waals surface area contributed by atoms with Crippen LogP contribution in [0.5, 0.6) is 0 Å². The molecule has 4 nitrogen and oxygen atoms in total. The SMILES string of the molecule is Cc1cc(C)cc(Cc2nc(NN)c3ccsc3n2)c1. The standard InChI is InChI=1S/C15H16N4S/c1-9-5-10(2)7-11(6-9)8-13-17-14(19-16)12-3-4-20-15(12)18-13/h3-7H,8,16H2,1-2H3,(H,17,18,19). The Morgan fingerprint density at radius 2 is 1.90 bits per heavy atom. The second kappa shape index (κ2) is 5.19. The van der Waals surface area contributed by atoms with Gasteiger partial charge in [-0.1, -0.05) is 29.3 Å². The predicted octanol–water partition coefficient (Wildman–Crippen LogP) is 3.18. The molecule has 0 spiro atoms. The Hall–Kier alpha value is -1.98. The van der Waals surface area contributed by atoms with Crippen molar-refractivity contribution in [3.63, 3.8) is 0 Å². The van der Waals surface area contributed by atoms with E-state index in [1.165, 1.54) is 16.7 Å². The number of nitrogens with one attached hydrogen (secondary N) is 1. The Balaban J connectivity index is 2.01. The summed E-state index contributed by atoms with van der Waals surface area (Å²) >= 11 is 1.60. The Labute approximate surface area is 121 Å². The van der Waals surface area contributed by atoms with Gasteiger partial charge < -0.3 is 5.43 Å². The Bertz CT molecular complexity index is 743. The van der Waals surface area contributed by atoms with Crippen molar-refractivity contribution in [2.45, 2.75) is 20.3 Å². The van der Waals surface area contributed by atoms with Gasteiger partial charge in [0.25, 0.3) is 0 Å². The minimum Gasteiger partial charge on any atom is -0.308 e. The molecule has 5 heteroatoms. The van der Waals surface area contributed by atoms with E-state index in [0.717, 1.165) is 16.0 Å². The van der Waals surface area contributed by atoms with Gasteiger partial charge in [0.05, 0.1) is 5.39 Å². The van der Waals surface area contributed by atoms with Crippen molar-refractivity contribution in [1.82, 2.24) is 9.97 Å². The smallest absolute Gasteiger partial charge is 0.152 e. The first kappa shape index (κ1) is 13.0. The fourth-order valence-corrected chi connectivity index (χ4v) is 3.23. The largest absolute Gasteiger partial charge is 0.308 e. The number of hydrazine groups is 1. The average molecular weight is 284 g/mol. The van der Waals surface area contributed by atoms with Gasteiger partial charge in [-0.25, -0.2) is 15.8 Å². The zero-order valence-electron chi connectivity index (χ0n) is 11.5. The number of anilines is 1. The number of hydrogen-bond donors (Lipinski definition) is 2. The fraction of sp³-hybridized carbons (Fsp3) is 0.200. The third-order valence-electron chi connectivity index (χ3n) is 3.15. The normalized spacial score (nSPS) is 10.9.